The van der Waals surface area contributed by atoms with Crippen molar-refractivity contribution < 1.29 is 9.47 Å². The summed E-state index contributed by atoms with van der Waals surface area (Å²) in [5.74, 6) is 1.62. The largest absolute Gasteiger partial charge is 0.496 e. The van der Waals surface area contributed by atoms with E-state index in [0.717, 1.165) is 59.4 Å². The fraction of sp³-hybridized carbons (Fsp3) is 0.292. The maximum absolute atomic E-state index is 6.13. The quantitative estimate of drug-likeness (QED) is 0.110. The normalized spacial score (nSPS) is 13.4. The van der Waals surface area contributed by atoms with Gasteiger partial charge in [0.25, 0.3) is 0 Å². The third kappa shape index (κ3) is 7.65. The fourth-order valence-corrected chi connectivity index (χ4v) is 9.34. The van der Waals surface area contributed by atoms with Crippen LogP contribution in [0.25, 0.3) is 23.3 Å². The third-order valence-corrected chi connectivity index (χ3v) is 14.0. The molecule has 0 amide bonds. The minimum atomic E-state index is 0.00973. The number of allylic oxidation sites excluding steroid dienone is 1. The van der Waals surface area contributed by atoms with E-state index in [4.69, 9.17) is 9.47 Å². The molecule has 0 aliphatic carbocycles. The van der Waals surface area contributed by atoms with Gasteiger partial charge in [-0.1, -0.05) is 138 Å². The Kier molecular flexibility index (Phi) is 11.8. The molecule has 0 bridgehead atoms. The second-order valence-electron chi connectivity index (χ2n) is 14.2. The summed E-state index contributed by atoms with van der Waals surface area (Å²) in [4.78, 5) is 5.27. The Morgan fingerprint density at radius 3 is 1.60 bits per heavy atom. The Labute approximate surface area is 320 Å². The van der Waals surface area contributed by atoms with E-state index in [1.165, 1.54) is 41.8 Å². The fourth-order valence-electron chi connectivity index (χ4n) is 7.07. The summed E-state index contributed by atoms with van der Waals surface area (Å²) in [5, 5.41) is 0. The number of fused-ring (bicyclic) bond motifs is 2. The van der Waals surface area contributed by atoms with E-state index in [1.54, 1.807) is 14.2 Å². The molecule has 268 valence electrons. The molecule has 0 N–H and O–H groups in total. The Balaban J connectivity index is 1.44. The van der Waals surface area contributed by atoms with Crippen LogP contribution < -0.4 is 9.47 Å². The van der Waals surface area contributed by atoms with Crippen molar-refractivity contribution in [2.24, 2.45) is 5.41 Å². The third-order valence-electron chi connectivity index (χ3n) is 11.5. The van der Waals surface area contributed by atoms with Gasteiger partial charge in [-0.25, -0.2) is 0 Å². The Morgan fingerprint density at radius 1 is 0.538 bits per heavy atom. The van der Waals surface area contributed by atoms with E-state index >= 15 is 0 Å². The molecule has 0 atom stereocenters. The maximum atomic E-state index is 6.13. The highest BCUT2D eigenvalue weighted by Gasteiger charge is 2.28. The van der Waals surface area contributed by atoms with E-state index in [2.05, 4.69) is 163 Å². The van der Waals surface area contributed by atoms with Crippen LogP contribution in [-0.4, -0.2) is 14.2 Å². The van der Waals surface area contributed by atoms with E-state index < -0.39 is 0 Å². The predicted molar refractivity (Wildman–Crippen MR) is 225 cm³/mol. The first-order valence-electron chi connectivity index (χ1n) is 18.6. The number of methoxy groups -OCH3 is 2. The molecule has 4 heteroatoms. The zero-order valence-corrected chi connectivity index (χ0v) is 33.6. The lowest BCUT2D eigenvalue weighted by Crippen LogP contribution is -2.19. The molecule has 0 spiro atoms. The molecule has 52 heavy (non-hydrogen) atoms. The van der Waals surface area contributed by atoms with Gasteiger partial charge < -0.3 is 9.47 Å². The zero-order chi connectivity index (χ0) is 36.9. The van der Waals surface area contributed by atoms with Crippen LogP contribution in [0.3, 0.4) is 0 Å². The minimum Gasteiger partial charge on any atom is -0.496 e. The molecule has 0 saturated heterocycles. The first-order valence-corrected chi connectivity index (χ1v) is 20.3. The molecule has 1 aliphatic rings. The van der Waals surface area contributed by atoms with Crippen LogP contribution in [0.4, 0.5) is 0 Å². The highest BCUT2D eigenvalue weighted by atomic mass is 32.2. The van der Waals surface area contributed by atoms with Crippen LogP contribution in [0.15, 0.2) is 129 Å². The van der Waals surface area contributed by atoms with Gasteiger partial charge in [0, 0.05) is 30.7 Å². The smallest absolute Gasteiger partial charge is 0.126 e. The van der Waals surface area contributed by atoms with Gasteiger partial charge in [-0.05, 0) is 118 Å². The van der Waals surface area contributed by atoms with Crippen molar-refractivity contribution in [3.05, 3.63) is 143 Å². The highest BCUT2D eigenvalue weighted by Crippen LogP contribution is 2.51. The lowest BCUT2D eigenvalue weighted by molar-refractivity contribution is 0.401. The first kappa shape index (κ1) is 37.6. The SMILES string of the molecule is CCC(C)(CC)C(=Cc1cc(OC)c(C=C(c2ccccc2)c2ccc3c(c2)Sc2ccc(C(C)(CC)CC)cc2S3)cc1OC)c1ccccc1. The molecule has 0 unspecified atom stereocenters. The summed E-state index contributed by atoms with van der Waals surface area (Å²) < 4.78 is 12.2. The van der Waals surface area contributed by atoms with Gasteiger partial charge in [0.1, 0.15) is 11.5 Å². The van der Waals surface area contributed by atoms with Gasteiger partial charge >= 0.3 is 0 Å². The second-order valence-corrected chi connectivity index (χ2v) is 16.4. The summed E-state index contributed by atoms with van der Waals surface area (Å²) in [6.45, 7) is 13.9. The van der Waals surface area contributed by atoms with Gasteiger partial charge in [-0.15, -0.1) is 0 Å². The van der Waals surface area contributed by atoms with E-state index in [0.29, 0.717) is 0 Å². The van der Waals surface area contributed by atoms with Gasteiger partial charge in [-0.3, -0.25) is 0 Å². The van der Waals surface area contributed by atoms with E-state index in [1.807, 2.05) is 23.5 Å². The van der Waals surface area contributed by atoms with Crippen molar-refractivity contribution in [1.82, 2.24) is 0 Å². The van der Waals surface area contributed by atoms with E-state index in [-0.39, 0.29) is 10.8 Å². The van der Waals surface area contributed by atoms with Crippen LogP contribution in [-0.2, 0) is 5.41 Å². The molecule has 5 aromatic rings. The second kappa shape index (κ2) is 16.3. The Morgan fingerprint density at radius 2 is 1.06 bits per heavy atom. The lowest BCUT2D eigenvalue weighted by Gasteiger charge is -2.31. The topological polar surface area (TPSA) is 18.5 Å². The molecule has 0 fully saturated rings. The van der Waals surface area contributed by atoms with E-state index in [9.17, 15) is 0 Å². The van der Waals surface area contributed by atoms with Crippen molar-refractivity contribution in [3.8, 4) is 11.5 Å². The van der Waals surface area contributed by atoms with Gasteiger partial charge in [0.05, 0.1) is 14.2 Å². The van der Waals surface area contributed by atoms with Crippen molar-refractivity contribution in [2.45, 2.75) is 92.2 Å². The average Bonchev–Trinajstić information content (AvgIpc) is 3.20. The first-order chi connectivity index (χ1) is 25.2. The standard InChI is InChI=1S/C48H52O2S2/c1-9-47(5,10-2)38-24-26-44-46(32-38)52-43-25-23-35(31-45(43)51-44)39(33-19-15-13-16-20-33)27-36-29-42(50-8)37(30-41(36)49-7)28-40(48(6,11-3)12-4)34-21-17-14-18-22-34/h13-32H,9-12H2,1-8H3. The average molecular weight is 725 g/mol. The number of ether oxygens (including phenoxy) is 2. The monoisotopic (exact) mass is 724 g/mol. The molecular weight excluding hydrogens is 673 g/mol. The summed E-state index contributed by atoms with van der Waals surface area (Å²) in [7, 11) is 3.52. The molecule has 1 heterocycles. The summed E-state index contributed by atoms with van der Waals surface area (Å²) in [5.41, 5.74) is 9.61. The van der Waals surface area contributed by atoms with Crippen LogP contribution in [0, 0.1) is 5.41 Å². The van der Waals surface area contributed by atoms with Crippen LogP contribution >= 0.6 is 23.5 Å². The molecule has 0 saturated carbocycles. The Bertz CT molecular complexity index is 2070. The summed E-state index contributed by atoms with van der Waals surface area (Å²) in [6, 6.07) is 39.7. The minimum absolute atomic E-state index is 0.00973. The number of rotatable bonds is 13. The Hall–Kier alpha value is -4.12. The molecule has 5 aromatic carbocycles. The zero-order valence-electron chi connectivity index (χ0n) is 32.0. The van der Waals surface area contributed by atoms with Crippen molar-refractivity contribution >= 4 is 46.8 Å². The van der Waals surface area contributed by atoms with Gasteiger partial charge in [-0.2, -0.15) is 0 Å². The lowest BCUT2D eigenvalue weighted by atomic mass is 9.73. The molecule has 0 radical (unpaired) electrons. The van der Waals surface area contributed by atoms with Gasteiger partial charge in [0.15, 0.2) is 0 Å². The summed E-state index contributed by atoms with van der Waals surface area (Å²) >= 11 is 3.77. The van der Waals surface area contributed by atoms with Crippen LogP contribution in [0.1, 0.15) is 101 Å². The van der Waals surface area contributed by atoms with Crippen molar-refractivity contribution in [1.29, 1.82) is 0 Å². The van der Waals surface area contributed by atoms with Gasteiger partial charge in [0.2, 0.25) is 0 Å². The molecule has 1 aliphatic heterocycles. The molecule has 0 aromatic heterocycles. The highest BCUT2D eigenvalue weighted by molar-refractivity contribution is 8.05. The number of benzene rings is 5. The van der Waals surface area contributed by atoms with Crippen LogP contribution in [0.2, 0.25) is 0 Å². The number of hydrogen-bond donors (Lipinski definition) is 0. The number of hydrogen-bond acceptors (Lipinski definition) is 4. The molecule has 2 nitrogen and oxygen atoms in total. The predicted octanol–water partition coefficient (Wildman–Crippen LogP) is 14.4. The molecular formula is C48H52O2S2. The van der Waals surface area contributed by atoms with Crippen LogP contribution in [0.5, 0.6) is 11.5 Å². The van der Waals surface area contributed by atoms with Crippen molar-refractivity contribution in [3.63, 3.8) is 0 Å². The maximum Gasteiger partial charge on any atom is 0.126 e. The summed E-state index contributed by atoms with van der Waals surface area (Å²) in [6.07, 6.45) is 8.90. The molecule has 6 rings (SSSR count). The van der Waals surface area contributed by atoms with Crippen molar-refractivity contribution in [2.75, 3.05) is 14.2 Å².